The van der Waals surface area contributed by atoms with Gasteiger partial charge in [0.1, 0.15) is 11.9 Å². The van der Waals surface area contributed by atoms with E-state index >= 15 is 0 Å². The van der Waals surface area contributed by atoms with Crippen LogP contribution >= 0.6 is 0 Å². The summed E-state index contributed by atoms with van der Waals surface area (Å²) in [7, 11) is 0. The highest BCUT2D eigenvalue weighted by atomic mass is 16.5. The first kappa shape index (κ1) is 15.3. The second-order valence-electron chi connectivity index (χ2n) is 4.83. The number of amides is 2. The minimum atomic E-state index is -0.559. The van der Waals surface area contributed by atoms with Gasteiger partial charge in [0.25, 0.3) is 11.8 Å². The lowest BCUT2D eigenvalue weighted by Gasteiger charge is -2.13. The van der Waals surface area contributed by atoms with Crippen LogP contribution in [0.3, 0.4) is 0 Å². The molecule has 5 N–H and O–H groups in total. The molecule has 2 rings (SSSR count). The Balaban J connectivity index is 1.91. The number of rotatable bonds is 6. The molecule has 0 radical (unpaired) electrons. The number of hydrogen-bond donors (Lipinski definition) is 3. The minimum Gasteiger partial charge on any atom is -0.484 e. The third kappa shape index (κ3) is 4.44. The normalized spacial score (nSPS) is 21.0. The van der Waals surface area contributed by atoms with E-state index in [1.807, 2.05) is 0 Å². The molecule has 7 nitrogen and oxygen atoms in total. The second kappa shape index (κ2) is 7.05. The van der Waals surface area contributed by atoms with Crippen molar-refractivity contribution in [2.75, 3.05) is 18.5 Å². The van der Waals surface area contributed by atoms with Gasteiger partial charge in [-0.1, -0.05) is 6.07 Å². The highest BCUT2D eigenvalue weighted by Gasteiger charge is 2.29. The summed E-state index contributed by atoms with van der Waals surface area (Å²) in [6.07, 6.45) is 0.918. The molecule has 114 valence electrons. The number of ether oxygens (including phenoxy) is 2. The van der Waals surface area contributed by atoms with Crippen molar-refractivity contribution in [2.24, 2.45) is 11.5 Å². The Kier molecular flexibility index (Phi) is 5.13. The Labute approximate surface area is 122 Å². The van der Waals surface area contributed by atoms with Crippen molar-refractivity contribution in [3.63, 3.8) is 0 Å². The van der Waals surface area contributed by atoms with E-state index in [1.165, 1.54) is 0 Å². The van der Waals surface area contributed by atoms with Gasteiger partial charge in [0, 0.05) is 18.3 Å². The lowest BCUT2D eigenvalue weighted by molar-refractivity contribution is -0.126. The van der Waals surface area contributed by atoms with Crippen molar-refractivity contribution >= 4 is 17.5 Å². The van der Waals surface area contributed by atoms with Crippen molar-refractivity contribution in [3.05, 3.63) is 24.3 Å². The van der Waals surface area contributed by atoms with Gasteiger partial charge in [-0.25, -0.2) is 0 Å². The molecule has 1 saturated heterocycles. The van der Waals surface area contributed by atoms with Crippen molar-refractivity contribution < 1.29 is 19.1 Å². The fourth-order valence-electron chi connectivity index (χ4n) is 2.11. The lowest BCUT2D eigenvalue weighted by atomic mass is 10.2. The van der Waals surface area contributed by atoms with Crippen molar-refractivity contribution in [1.29, 1.82) is 0 Å². The molecule has 1 aliphatic heterocycles. The molecule has 7 heteroatoms. The molecule has 0 bridgehead atoms. The van der Waals surface area contributed by atoms with Crippen molar-refractivity contribution in [1.82, 2.24) is 0 Å². The molecule has 0 aliphatic carbocycles. The molecule has 2 atom stereocenters. The van der Waals surface area contributed by atoms with Gasteiger partial charge in [-0.3, -0.25) is 9.59 Å². The van der Waals surface area contributed by atoms with Crippen LogP contribution in [-0.2, 0) is 14.3 Å². The number of benzene rings is 1. The predicted molar refractivity (Wildman–Crippen MR) is 76.7 cm³/mol. The minimum absolute atomic E-state index is 0.0500. The topological polar surface area (TPSA) is 117 Å². The van der Waals surface area contributed by atoms with Crippen LogP contribution in [-0.4, -0.2) is 37.2 Å². The lowest BCUT2D eigenvalue weighted by Crippen LogP contribution is -2.29. The Morgan fingerprint density at radius 2 is 2.19 bits per heavy atom. The van der Waals surface area contributed by atoms with Crippen LogP contribution in [0.4, 0.5) is 5.69 Å². The molecule has 0 spiro atoms. The molecule has 1 aromatic carbocycles. The molecule has 1 aromatic rings. The Hall–Kier alpha value is -2.12. The first-order chi connectivity index (χ1) is 10.1. The number of primary amides is 1. The molecule has 2 amide bonds. The fourth-order valence-corrected chi connectivity index (χ4v) is 2.11. The molecule has 0 unspecified atom stereocenters. The van der Waals surface area contributed by atoms with Gasteiger partial charge in [0.05, 0.1) is 6.10 Å². The van der Waals surface area contributed by atoms with E-state index in [4.69, 9.17) is 20.9 Å². The van der Waals surface area contributed by atoms with Crippen molar-refractivity contribution in [3.8, 4) is 5.75 Å². The summed E-state index contributed by atoms with van der Waals surface area (Å²) in [5, 5.41) is 2.76. The van der Waals surface area contributed by atoms with Crippen LogP contribution < -0.4 is 21.5 Å². The third-order valence-electron chi connectivity index (χ3n) is 3.15. The summed E-state index contributed by atoms with van der Waals surface area (Å²) < 4.78 is 10.7. The standard InChI is InChI=1S/C14H19N3O4/c15-7-11-4-5-12(21-11)14(19)17-9-2-1-3-10(6-9)20-8-13(16)18/h1-3,6,11-12H,4-5,7-8,15H2,(H2,16,18)(H,17,19)/t11-,12+/m1/s1. The van der Waals surface area contributed by atoms with E-state index in [1.54, 1.807) is 24.3 Å². The summed E-state index contributed by atoms with van der Waals surface area (Å²) in [6.45, 7) is 0.210. The van der Waals surface area contributed by atoms with Gasteiger partial charge in [-0.2, -0.15) is 0 Å². The zero-order chi connectivity index (χ0) is 15.2. The fraction of sp³-hybridized carbons (Fsp3) is 0.429. The molecule has 0 aromatic heterocycles. The molecular formula is C14H19N3O4. The highest BCUT2D eigenvalue weighted by molar-refractivity contribution is 5.94. The van der Waals surface area contributed by atoms with E-state index in [0.717, 1.165) is 6.42 Å². The summed E-state index contributed by atoms with van der Waals surface area (Å²) in [5.41, 5.74) is 11.1. The number of carbonyl (C=O) groups is 2. The summed E-state index contributed by atoms with van der Waals surface area (Å²) in [4.78, 5) is 22.7. The number of hydrogen-bond acceptors (Lipinski definition) is 5. The zero-order valence-electron chi connectivity index (χ0n) is 11.6. The van der Waals surface area contributed by atoms with Crippen LogP contribution in [0.1, 0.15) is 12.8 Å². The van der Waals surface area contributed by atoms with Crippen LogP contribution in [0.5, 0.6) is 5.75 Å². The third-order valence-corrected chi connectivity index (χ3v) is 3.15. The average molecular weight is 293 g/mol. The summed E-state index contributed by atoms with van der Waals surface area (Å²) >= 11 is 0. The van der Waals surface area contributed by atoms with E-state index in [-0.39, 0.29) is 18.6 Å². The average Bonchev–Trinajstić information content (AvgIpc) is 2.94. The maximum atomic E-state index is 12.1. The van der Waals surface area contributed by atoms with E-state index in [0.29, 0.717) is 24.4 Å². The van der Waals surface area contributed by atoms with Gasteiger partial charge in [-0.05, 0) is 25.0 Å². The van der Waals surface area contributed by atoms with Crippen LogP contribution in [0.25, 0.3) is 0 Å². The SMILES string of the molecule is NC[C@H]1CC[C@@H](C(=O)Nc2cccc(OCC(N)=O)c2)O1. The van der Waals surface area contributed by atoms with Crippen LogP contribution in [0.15, 0.2) is 24.3 Å². The van der Waals surface area contributed by atoms with E-state index in [2.05, 4.69) is 5.32 Å². The van der Waals surface area contributed by atoms with Crippen molar-refractivity contribution in [2.45, 2.75) is 25.0 Å². The second-order valence-corrected chi connectivity index (χ2v) is 4.83. The van der Waals surface area contributed by atoms with Gasteiger partial charge in [0.15, 0.2) is 6.61 Å². The first-order valence-electron chi connectivity index (χ1n) is 6.76. The monoisotopic (exact) mass is 293 g/mol. The number of anilines is 1. The maximum Gasteiger partial charge on any atom is 0.255 e. The number of nitrogens with one attached hydrogen (secondary N) is 1. The quantitative estimate of drug-likeness (QED) is 0.682. The Morgan fingerprint density at radius 1 is 1.38 bits per heavy atom. The number of carbonyl (C=O) groups excluding carboxylic acids is 2. The molecule has 1 heterocycles. The summed E-state index contributed by atoms with van der Waals surface area (Å²) in [5.74, 6) is -0.312. The van der Waals surface area contributed by atoms with Gasteiger partial charge < -0.3 is 26.3 Å². The van der Waals surface area contributed by atoms with Crippen LogP contribution in [0.2, 0.25) is 0 Å². The molecular weight excluding hydrogens is 274 g/mol. The largest absolute Gasteiger partial charge is 0.484 e. The van der Waals surface area contributed by atoms with Gasteiger partial charge in [-0.15, -0.1) is 0 Å². The Bertz CT molecular complexity index is 521. The van der Waals surface area contributed by atoms with Gasteiger partial charge in [0.2, 0.25) is 0 Å². The molecule has 1 aliphatic rings. The maximum absolute atomic E-state index is 12.1. The van der Waals surface area contributed by atoms with Gasteiger partial charge >= 0.3 is 0 Å². The molecule has 0 saturated carbocycles. The highest BCUT2D eigenvalue weighted by Crippen LogP contribution is 2.22. The molecule has 1 fully saturated rings. The predicted octanol–water partition coefficient (Wildman–Crippen LogP) is -0.00450. The smallest absolute Gasteiger partial charge is 0.255 e. The van der Waals surface area contributed by atoms with E-state index in [9.17, 15) is 9.59 Å². The molecule has 21 heavy (non-hydrogen) atoms. The number of nitrogens with two attached hydrogens (primary N) is 2. The summed E-state index contributed by atoms with van der Waals surface area (Å²) in [6, 6.07) is 6.74. The van der Waals surface area contributed by atoms with Crippen LogP contribution in [0, 0.1) is 0 Å². The Morgan fingerprint density at radius 3 is 2.86 bits per heavy atom. The van der Waals surface area contributed by atoms with E-state index < -0.39 is 12.0 Å². The first-order valence-corrected chi connectivity index (χ1v) is 6.76. The zero-order valence-corrected chi connectivity index (χ0v) is 11.6.